The van der Waals surface area contributed by atoms with Gasteiger partial charge in [-0.25, -0.2) is 9.97 Å². The number of rotatable bonds is 1. The molecular weight excluding hydrogens is 210 g/mol. The summed E-state index contributed by atoms with van der Waals surface area (Å²) in [6.45, 7) is -2.65. The minimum Gasteiger partial charge on any atom is -0.352 e. The van der Waals surface area contributed by atoms with Gasteiger partial charge in [0.05, 0.1) is 7.21 Å². The Morgan fingerprint density at radius 3 is 3.00 bits per heavy atom. The summed E-state index contributed by atoms with van der Waals surface area (Å²) < 4.78 is 35.0. The highest BCUT2D eigenvalue weighted by Gasteiger charge is 2.04. The first-order valence-corrected chi connectivity index (χ1v) is 3.33. The van der Waals surface area contributed by atoms with Crippen molar-refractivity contribution in [2.24, 2.45) is 0 Å². The van der Waals surface area contributed by atoms with Crippen LogP contribution in [0.25, 0.3) is 0 Å². The second kappa shape index (κ2) is 3.43. The normalized spacial score (nSPS) is 17.0. The lowest BCUT2D eigenvalue weighted by Crippen LogP contribution is -2.20. The summed E-state index contributed by atoms with van der Waals surface area (Å²) in [5.41, 5.74) is 0. The van der Waals surface area contributed by atoms with Crippen molar-refractivity contribution in [3.05, 3.63) is 22.6 Å². The molecule has 0 aliphatic heterocycles. The van der Waals surface area contributed by atoms with E-state index in [1.54, 1.807) is 5.32 Å². The van der Waals surface area contributed by atoms with Crippen LogP contribution in [0.4, 0.5) is 0 Å². The van der Waals surface area contributed by atoms with E-state index in [4.69, 9.17) is 6.85 Å². The molecular formula is C6H6BrN3O. The molecule has 0 radical (unpaired) electrons. The van der Waals surface area contributed by atoms with E-state index >= 15 is 0 Å². The van der Waals surface area contributed by atoms with Crippen molar-refractivity contribution in [2.45, 2.75) is 0 Å². The van der Waals surface area contributed by atoms with Crippen LogP contribution in [0.5, 0.6) is 0 Å². The largest absolute Gasteiger partial charge is 0.352 e. The van der Waals surface area contributed by atoms with E-state index in [9.17, 15) is 4.79 Å². The number of nitrogens with zero attached hydrogens (tertiary/aromatic N) is 2. The van der Waals surface area contributed by atoms with Gasteiger partial charge in [0.2, 0.25) is 5.82 Å². The van der Waals surface area contributed by atoms with Crippen molar-refractivity contribution in [3.63, 3.8) is 0 Å². The number of carbonyl (C=O) groups is 1. The number of hydrogen-bond acceptors (Lipinski definition) is 3. The quantitative estimate of drug-likeness (QED) is 0.755. The van der Waals surface area contributed by atoms with E-state index in [0.717, 1.165) is 0 Å². The topological polar surface area (TPSA) is 54.9 Å². The van der Waals surface area contributed by atoms with Gasteiger partial charge in [0.25, 0.3) is 5.91 Å². The van der Waals surface area contributed by atoms with Crippen molar-refractivity contribution in [2.75, 3.05) is 6.98 Å². The predicted molar refractivity (Wildman–Crippen MR) is 43.1 cm³/mol. The van der Waals surface area contributed by atoms with Gasteiger partial charge in [-0.2, -0.15) is 0 Å². The van der Waals surface area contributed by atoms with Gasteiger partial charge in [0.15, 0.2) is 0 Å². The maximum atomic E-state index is 11.3. The third-order valence-corrected chi connectivity index (χ3v) is 1.19. The molecule has 0 bridgehead atoms. The molecule has 1 amide bonds. The molecule has 11 heavy (non-hydrogen) atoms. The van der Waals surface area contributed by atoms with Crippen molar-refractivity contribution < 1.29 is 11.6 Å². The fourth-order valence-corrected chi connectivity index (χ4v) is 0.589. The summed E-state index contributed by atoms with van der Waals surface area (Å²) in [7, 11) is 0. The SMILES string of the molecule is [2H]c1nc(C(=O)NC([2H])([2H])[2H])nc([2H])c1Br. The van der Waals surface area contributed by atoms with E-state index in [1.165, 1.54) is 0 Å². The smallest absolute Gasteiger partial charge is 0.288 e. The van der Waals surface area contributed by atoms with E-state index in [2.05, 4.69) is 25.9 Å². The Bertz CT molecular complexity index is 412. The molecule has 0 unspecified atom stereocenters. The van der Waals surface area contributed by atoms with E-state index < -0.39 is 18.7 Å². The maximum absolute atomic E-state index is 11.3. The van der Waals surface area contributed by atoms with Crippen LogP contribution >= 0.6 is 15.9 Å². The lowest BCUT2D eigenvalue weighted by atomic mass is 10.5. The molecule has 58 valence electrons. The Hall–Kier alpha value is -0.970. The van der Waals surface area contributed by atoms with Crippen molar-refractivity contribution >= 4 is 21.8 Å². The zero-order chi connectivity index (χ0) is 12.5. The van der Waals surface area contributed by atoms with Gasteiger partial charge in [-0.1, -0.05) is 0 Å². The fraction of sp³-hybridized carbons (Fsp3) is 0.167. The van der Waals surface area contributed by atoms with Gasteiger partial charge >= 0.3 is 0 Å². The van der Waals surface area contributed by atoms with Gasteiger partial charge < -0.3 is 5.32 Å². The van der Waals surface area contributed by atoms with Crippen molar-refractivity contribution in [1.29, 1.82) is 0 Å². The van der Waals surface area contributed by atoms with E-state index in [-0.39, 0.29) is 16.8 Å². The van der Waals surface area contributed by atoms with Crippen LogP contribution in [-0.2, 0) is 0 Å². The molecule has 0 spiro atoms. The summed E-state index contributed by atoms with van der Waals surface area (Å²) in [5, 5.41) is 1.66. The predicted octanol–water partition coefficient (Wildman–Crippen LogP) is 0.599. The highest BCUT2D eigenvalue weighted by molar-refractivity contribution is 9.10. The summed E-state index contributed by atoms with van der Waals surface area (Å²) in [6, 6.07) is 0. The van der Waals surface area contributed by atoms with Gasteiger partial charge in [0.1, 0.15) is 0 Å². The Kier molecular flexibility index (Phi) is 1.13. The van der Waals surface area contributed by atoms with Crippen LogP contribution in [-0.4, -0.2) is 22.9 Å². The first kappa shape index (κ1) is 3.62. The molecule has 5 heteroatoms. The third-order valence-electron chi connectivity index (χ3n) is 0.837. The molecule has 1 rings (SSSR count). The zero-order valence-corrected chi connectivity index (χ0v) is 6.77. The van der Waals surface area contributed by atoms with Crippen LogP contribution in [0, 0.1) is 0 Å². The molecule has 1 aromatic heterocycles. The van der Waals surface area contributed by atoms with Gasteiger partial charge in [-0.15, -0.1) is 0 Å². The second-order valence-corrected chi connectivity index (χ2v) is 2.33. The number of hydrogen-bond donors (Lipinski definition) is 1. The maximum Gasteiger partial charge on any atom is 0.288 e. The molecule has 1 aromatic rings. The second-order valence-electron chi connectivity index (χ2n) is 1.54. The third kappa shape index (κ3) is 1.98. The number of halogens is 1. The monoisotopic (exact) mass is 220 g/mol. The summed E-state index contributed by atoms with van der Waals surface area (Å²) in [4.78, 5) is 18.2. The molecule has 0 fully saturated rings. The number of carbonyl (C=O) groups excluding carboxylic acids is 1. The highest BCUT2D eigenvalue weighted by atomic mass is 79.9. The lowest BCUT2D eigenvalue weighted by Gasteiger charge is -1.95. The van der Waals surface area contributed by atoms with Crippen LogP contribution in [0.3, 0.4) is 0 Å². The molecule has 0 aliphatic carbocycles. The van der Waals surface area contributed by atoms with Crippen molar-refractivity contribution in [3.8, 4) is 0 Å². The van der Waals surface area contributed by atoms with Gasteiger partial charge in [-0.3, -0.25) is 4.79 Å². The fourth-order valence-electron chi connectivity index (χ4n) is 0.412. The summed E-state index contributed by atoms with van der Waals surface area (Å²) >= 11 is 2.88. The minimum absolute atomic E-state index is 0.0398. The van der Waals surface area contributed by atoms with Gasteiger partial charge in [0, 0.05) is 23.4 Å². The molecule has 4 nitrogen and oxygen atoms in total. The average molecular weight is 221 g/mol. The summed E-state index contributed by atoms with van der Waals surface area (Å²) in [5.74, 6) is -1.57. The van der Waals surface area contributed by atoms with E-state index in [0.29, 0.717) is 0 Å². The van der Waals surface area contributed by atoms with Crippen LogP contribution in [0.15, 0.2) is 16.8 Å². The highest BCUT2D eigenvalue weighted by Crippen LogP contribution is 2.03. The standard InChI is InChI=1S/C6H6BrN3O/c1-8-6(11)5-9-2-4(7)3-10-5/h2-3H,1H3,(H,8,11)/i1D3,2D,3D. The Morgan fingerprint density at radius 1 is 1.82 bits per heavy atom. The number of aromatic nitrogens is 2. The molecule has 0 atom stereocenters. The summed E-state index contributed by atoms with van der Waals surface area (Å²) in [6.07, 6.45) is -0.702. The molecule has 1 N–H and O–H groups in total. The first-order chi connectivity index (χ1) is 7.20. The van der Waals surface area contributed by atoms with Gasteiger partial charge in [-0.05, 0) is 15.9 Å². The van der Waals surface area contributed by atoms with Crippen LogP contribution in [0.2, 0.25) is 0 Å². The minimum atomic E-state index is -2.65. The first-order valence-electron chi connectivity index (χ1n) is 5.04. The number of nitrogens with one attached hydrogen (secondary N) is 1. The van der Waals surface area contributed by atoms with Crippen LogP contribution in [0.1, 0.15) is 17.5 Å². The lowest BCUT2D eigenvalue weighted by molar-refractivity contribution is 0.0952. The Labute approximate surface area is 79.2 Å². The molecule has 0 saturated heterocycles. The molecule has 0 saturated carbocycles. The Morgan fingerprint density at radius 2 is 2.45 bits per heavy atom. The average Bonchev–Trinajstić information content (AvgIpc) is 2.10. The number of amides is 1. The Balaban J connectivity index is 3.02. The van der Waals surface area contributed by atoms with Crippen molar-refractivity contribution in [1.82, 2.24) is 15.3 Å². The molecule has 0 aliphatic rings. The zero-order valence-electron chi connectivity index (χ0n) is 10.2. The van der Waals surface area contributed by atoms with E-state index in [1.807, 2.05) is 0 Å². The van der Waals surface area contributed by atoms with Crippen LogP contribution < -0.4 is 5.32 Å². The molecule has 0 aromatic carbocycles. The molecule has 1 heterocycles.